The van der Waals surface area contributed by atoms with Gasteiger partial charge in [-0.15, -0.1) is 0 Å². The van der Waals surface area contributed by atoms with Crippen LogP contribution < -0.4 is 5.32 Å². The summed E-state index contributed by atoms with van der Waals surface area (Å²) in [4.78, 5) is 2.71. The Hall–Kier alpha value is 0.270. The van der Waals surface area contributed by atoms with Crippen LogP contribution in [0.3, 0.4) is 0 Å². The Morgan fingerprint density at radius 2 is 2.06 bits per heavy atom. The Labute approximate surface area is 112 Å². The predicted molar refractivity (Wildman–Crippen MR) is 79.9 cm³/mol. The van der Waals surface area contributed by atoms with Gasteiger partial charge in [0, 0.05) is 36.5 Å². The third-order valence-corrected chi connectivity index (χ3v) is 5.16. The van der Waals surface area contributed by atoms with Crippen LogP contribution in [0, 0.1) is 5.92 Å². The van der Waals surface area contributed by atoms with Crippen molar-refractivity contribution in [3.05, 3.63) is 0 Å². The molecule has 2 nitrogen and oxygen atoms in total. The summed E-state index contributed by atoms with van der Waals surface area (Å²) in [7, 11) is 0. The smallest absolute Gasteiger partial charge is 0.0278 e. The highest BCUT2D eigenvalue weighted by molar-refractivity contribution is 7.99. The first-order valence-electron chi connectivity index (χ1n) is 6.93. The topological polar surface area (TPSA) is 15.3 Å². The Morgan fingerprint density at radius 3 is 2.53 bits per heavy atom. The molecular formula is C14H30N2S. The van der Waals surface area contributed by atoms with Gasteiger partial charge in [-0.05, 0) is 25.5 Å². The molecule has 0 aromatic rings. The van der Waals surface area contributed by atoms with Gasteiger partial charge in [0.25, 0.3) is 0 Å². The molecule has 0 saturated carbocycles. The molecule has 17 heavy (non-hydrogen) atoms. The summed E-state index contributed by atoms with van der Waals surface area (Å²) in [5.74, 6) is 0.734. The predicted octanol–water partition coefficient (Wildman–Crippen LogP) is 2.84. The molecule has 0 aromatic carbocycles. The second kappa shape index (κ2) is 6.44. The molecule has 1 heterocycles. The third kappa shape index (κ3) is 4.15. The quantitative estimate of drug-likeness (QED) is 0.816. The van der Waals surface area contributed by atoms with E-state index in [1.165, 1.54) is 19.5 Å². The van der Waals surface area contributed by atoms with Crippen LogP contribution in [0.15, 0.2) is 0 Å². The normalized spacial score (nSPS) is 33.0. The lowest BCUT2D eigenvalue weighted by Crippen LogP contribution is -2.64. The Balaban J connectivity index is 2.69. The maximum atomic E-state index is 3.75. The molecule has 0 bridgehead atoms. The van der Waals surface area contributed by atoms with Crippen molar-refractivity contribution in [2.45, 2.75) is 57.9 Å². The van der Waals surface area contributed by atoms with Gasteiger partial charge >= 0.3 is 0 Å². The van der Waals surface area contributed by atoms with Crippen LogP contribution in [-0.2, 0) is 0 Å². The fourth-order valence-corrected chi connectivity index (χ4v) is 2.94. The summed E-state index contributed by atoms with van der Waals surface area (Å²) < 4.78 is 0. The molecule has 102 valence electrons. The third-order valence-electron chi connectivity index (χ3n) is 4.20. The maximum absolute atomic E-state index is 3.75. The second-order valence-corrected chi connectivity index (χ2v) is 7.36. The minimum atomic E-state index is 0.309. The minimum Gasteiger partial charge on any atom is -0.309 e. The zero-order chi connectivity index (χ0) is 13.1. The summed E-state index contributed by atoms with van der Waals surface area (Å²) in [5.41, 5.74) is 0.309. The van der Waals surface area contributed by atoms with Crippen LogP contribution in [0.4, 0.5) is 0 Å². The highest BCUT2D eigenvalue weighted by atomic mass is 32.2. The summed E-state index contributed by atoms with van der Waals surface area (Å²) in [5, 5.41) is 4.48. The van der Waals surface area contributed by atoms with E-state index >= 15 is 0 Å². The number of piperazine rings is 1. The average molecular weight is 258 g/mol. The number of rotatable bonds is 5. The first kappa shape index (κ1) is 15.3. The summed E-state index contributed by atoms with van der Waals surface area (Å²) in [6.07, 6.45) is 3.43. The van der Waals surface area contributed by atoms with Gasteiger partial charge in [-0.2, -0.15) is 11.8 Å². The van der Waals surface area contributed by atoms with E-state index in [-0.39, 0.29) is 0 Å². The molecule has 0 radical (unpaired) electrons. The first-order chi connectivity index (χ1) is 7.91. The van der Waals surface area contributed by atoms with E-state index in [1.807, 2.05) is 11.8 Å². The van der Waals surface area contributed by atoms with Gasteiger partial charge in [0.05, 0.1) is 0 Å². The molecule has 3 atom stereocenters. The van der Waals surface area contributed by atoms with Crippen LogP contribution in [-0.4, -0.2) is 47.6 Å². The average Bonchev–Trinajstić information content (AvgIpc) is 2.28. The monoisotopic (exact) mass is 258 g/mol. The molecule has 3 unspecified atom stereocenters. The highest BCUT2D eigenvalue weighted by Gasteiger charge is 2.35. The lowest BCUT2D eigenvalue weighted by molar-refractivity contribution is 0.0617. The van der Waals surface area contributed by atoms with Crippen molar-refractivity contribution in [2.24, 2.45) is 5.92 Å². The molecule has 1 rings (SSSR count). The van der Waals surface area contributed by atoms with Gasteiger partial charge in [-0.1, -0.05) is 27.7 Å². The largest absolute Gasteiger partial charge is 0.309 e. The van der Waals surface area contributed by atoms with Crippen LogP contribution in [0.2, 0.25) is 0 Å². The van der Waals surface area contributed by atoms with Crippen LogP contribution >= 0.6 is 11.8 Å². The lowest BCUT2D eigenvalue weighted by atomic mass is 9.90. The van der Waals surface area contributed by atoms with E-state index in [0.717, 1.165) is 17.7 Å². The van der Waals surface area contributed by atoms with Gasteiger partial charge in [0.1, 0.15) is 0 Å². The van der Waals surface area contributed by atoms with Crippen molar-refractivity contribution in [2.75, 3.05) is 25.9 Å². The molecule has 3 heteroatoms. The molecule has 0 aliphatic carbocycles. The number of nitrogens with zero attached hydrogens (tertiary/aromatic N) is 1. The molecule has 1 fully saturated rings. The van der Waals surface area contributed by atoms with Gasteiger partial charge in [0.15, 0.2) is 0 Å². The van der Waals surface area contributed by atoms with Crippen LogP contribution in [0.1, 0.15) is 41.0 Å². The van der Waals surface area contributed by atoms with Crippen molar-refractivity contribution in [1.82, 2.24) is 10.2 Å². The lowest BCUT2D eigenvalue weighted by Gasteiger charge is -2.48. The number of hydrogen-bond acceptors (Lipinski definition) is 3. The van der Waals surface area contributed by atoms with Crippen LogP contribution in [0.25, 0.3) is 0 Å². The Morgan fingerprint density at radius 1 is 1.41 bits per heavy atom. The van der Waals surface area contributed by atoms with E-state index in [1.54, 1.807) is 0 Å². The molecule has 1 saturated heterocycles. The number of nitrogens with one attached hydrogen (secondary N) is 1. The molecule has 1 aliphatic heterocycles. The van der Waals surface area contributed by atoms with Crippen molar-refractivity contribution < 1.29 is 0 Å². The molecular weight excluding hydrogens is 228 g/mol. The SMILES string of the molecule is CCC1(C)CN(CC(C)SC)C(C(C)C)CN1. The summed E-state index contributed by atoms with van der Waals surface area (Å²) >= 11 is 1.98. The maximum Gasteiger partial charge on any atom is 0.0278 e. The van der Waals surface area contributed by atoms with E-state index in [9.17, 15) is 0 Å². The van der Waals surface area contributed by atoms with E-state index in [2.05, 4.69) is 51.1 Å². The van der Waals surface area contributed by atoms with Crippen LogP contribution in [0.5, 0.6) is 0 Å². The number of thioether (sulfide) groups is 1. The molecule has 0 aromatic heterocycles. The van der Waals surface area contributed by atoms with E-state index < -0.39 is 0 Å². The van der Waals surface area contributed by atoms with Gasteiger partial charge < -0.3 is 5.32 Å². The van der Waals surface area contributed by atoms with Gasteiger partial charge in [-0.25, -0.2) is 0 Å². The Kier molecular flexibility index (Phi) is 5.81. The second-order valence-electron chi connectivity index (χ2n) is 6.08. The van der Waals surface area contributed by atoms with Gasteiger partial charge in [-0.3, -0.25) is 4.90 Å². The summed E-state index contributed by atoms with van der Waals surface area (Å²) in [6, 6.07) is 0.698. The molecule has 0 spiro atoms. The molecule has 1 N–H and O–H groups in total. The van der Waals surface area contributed by atoms with Gasteiger partial charge in [0.2, 0.25) is 0 Å². The van der Waals surface area contributed by atoms with Crippen molar-refractivity contribution >= 4 is 11.8 Å². The number of hydrogen-bond donors (Lipinski definition) is 1. The van der Waals surface area contributed by atoms with E-state index in [4.69, 9.17) is 0 Å². The zero-order valence-corrected chi connectivity index (χ0v) is 13.2. The Bertz CT molecular complexity index is 232. The molecule has 0 amide bonds. The first-order valence-corrected chi connectivity index (χ1v) is 8.22. The molecule has 1 aliphatic rings. The fourth-order valence-electron chi connectivity index (χ4n) is 2.60. The van der Waals surface area contributed by atoms with Crippen molar-refractivity contribution in [3.63, 3.8) is 0 Å². The zero-order valence-electron chi connectivity index (χ0n) is 12.4. The van der Waals surface area contributed by atoms with Crippen molar-refractivity contribution in [1.29, 1.82) is 0 Å². The fraction of sp³-hybridized carbons (Fsp3) is 1.00. The highest BCUT2D eigenvalue weighted by Crippen LogP contribution is 2.24. The minimum absolute atomic E-state index is 0.309. The van der Waals surface area contributed by atoms with Crippen molar-refractivity contribution in [3.8, 4) is 0 Å². The standard InChI is InChI=1S/C14H30N2S/c1-7-14(5)10-16(9-12(4)17-6)13(8-15-14)11(2)3/h11-13,15H,7-10H2,1-6H3. The van der Waals surface area contributed by atoms with E-state index in [0.29, 0.717) is 11.6 Å². The summed E-state index contributed by atoms with van der Waals surface area (Å²) in [6.45, 7) is 15.2.